The van der Waals surface area contributed by atoms with Crippen LogP contribution >= 0.6 is 0 Å². The first-order valence-corrected chi connectivity index (χ1v) is 7.52. The summed E-state index contributed by atoms with van der Waals surface area (Å²) in [5.41, 5.74) is 2.88. The number of benzene rings is 3. The largest absolute Gasteiger partial charge is 0.478 e. The van der Waals surface area contributed by atoms with Crippen LogP contribution in [-0.2, 0) is 0 Å². The number of nitrogens with one attached hydrogen (secondary N) is 1. The van der Waals surface area contributed by atoms with Gasteiger partial charge in [-0.15, -0.1) is 0 Å². The summed E-state index contributed by atoms with van der Waals surface area (Å²) in [5.74, 6) is -1.06. The quantitative estimate of drug-likeness (QED) is 0.548. The lowest BCUT2D eigenvalue weighted by Gasteiger charge is -2.07. The second-order valence-corrected chi connectivity index (χ2v) is 5.61. The predicted molar refractivity (Wildman–Crippen MR) is 94.5 cm³/mol. The molecular formula is C20H13NO3. The molecule has 4 aromatic rings. The van der Waals surface area contributed by atoms with E-state index in [0.717, 1.165) is 11.1 Å². The van der Waals surface area contributed by atoms with Gasteiger partial charge in [-0.1, -0.05) is 42.5 Å². The molecule has 0 aliphatic carbocycles. The minimum atomic E-state index is -1.06. The molecule has 0 saturated carbocycles. The fourth-order valence-corrected chi connectivity index (χ4v) is 2.99. The molecule has 2 N–H and O–H groups in total. The van der Waals surface area contributed by atoms with E-state index in [0.29, 0.717) is 21.8 Å². The summed E-state index contributed by atoms with van der Waals surface area (Å²) in [6.07, 6.45) is 0. The van der Waals surface area contributed by atoms with Crippen LogP contribution in [0.1, 0.15) is 10.4 Å². The highest BCUT2D eigenvalue weighted by molar-refractivity contribution is 6.05. The molecule has 0 aliphatic heterocycles. The number of carbonyl (C=O) groups is 1. The maximum atomic E-state index is 12.8. The average molecular weight is 315 g/mol. The van der Waals surface area contributed by atoms with E-state index in [4.69, 9.17) is 0 Å². The van der Waals surface area contributed by atoms with Gasteiger partial charge < -0.3 is 10.1 Å². The van der Waals surface area contributed by atoms with Gasteiger partial charge >= 0.3 is 5.97 Å². The zero-order valence-corrected chi connectivity index (χ0v) is 12.6. The molecule has 3 aromatic carbocycles. The summed E-state index contributed by atoms with van der Waals surface area (Å²) < 4.78 is 0. The molecule has 0 spiro atoms. The van der Waals surface area contributed by atoms with Gasteiger partial charge in [-0.05, 0) is 35.4 Å². The number of carboxylic acids is 1. The molecule has 1 aromatic heterocycles. The first-order chi connectivity index (χ1) is 11.6. The summed E-state index contributed by atoms with van der Waals surface area (Å²) in [4.78, 5) is 27.3. The Bertz CT molecular complexity index is 1140. The number of H-pyrrole nitrogens is 1. The zero-order valence-electron chi connectivity index (χ0n) is 12.6. The van der Waals surface area contributed by atoms with Gasteiger partial charge in [0.25, 0.3) is 0 Å². The maximum absolute atomic E-state index is 12.8. The Balaban J connectivity index is 2.06. The van der Waals surface area contributed by atoms with Crippen LogP contribution in [-0.4, -0.2) is 16.1 Å². The number of fused-ring (bicyclic) bond motifs is 2. The molecule has 1 heterocycles. The van der Waals surface area contributed by atoms with E-state index in [2.05, 4.69) is 4.98 Å². The van der Waals surface area contributed by atoms with E-state index < -0.39 is 5.97 Å². The molecule has 0 saturated heterocycles. The van der Waals surface area contributed by atoms with Gasteiger partial charge in [0.15, 0.2) is 5.43 Å². The number of rotatable bonds is 2. The van der Waals surface area contributed by atoms with Crippen molar-refractivity contribution in [2.75, 3.05) is 0 Å². The number of carboxylic acid groups (broad SMARTS) is 1. The van der Waals surface area contributed by atoms with Gasteiger partial charge in [0.1, 0.15) is 0 Å². The van der Waals surface area contributed by atoms with E-state index in [1.165, 1.54) is 6.07 Å². The Labute approximate surface area is 137 Å². The fourth-order valence-electron chi connectivity index (χ4n) is 2.99. The van der Waals surface area contributed by atoms with Crippen LogP contribution in [0.5, 0.6) is 0 Å². The van der Waals surface area contributed by atoms with Gasteiger partial charge in [-0.25, -0.2) is 4.79 Å². The van der Waals surface area contributed by atoms with Crippen LogP contribution in [0.25, 0.3) is 32.9 Å². The Kier molecular flexibility index (Phi) is 3.17. The van der Waals surface area contributed by atoms with Crippen molar-refractivity contribution in [2.45, 2.75) is 0 Å². The lowest BCUT2D eigenvalue weighted by atomic mass is 10.0. The molecule has 0 fully saturated rings. The Morgan fingerprint density at radius 1 is 0.833 bits per heavy atom. The van der Waals surface area contributed by atoms with Gasteiger partial charge in [-0.3, -0.25) is 4.79 Å². The normalized spacial score (nSPS) is 11.0. The third-order valence-corrected chi connectivity index (χ3v) is 4.17. The first-order valence-electron chi connectivity index (χ1n) is 7.52. The van der Waals surface area contributed by atoms with Crippen LogP contribution in [0.2, 0.25) is 0 Å². The number of aromatic amines is 1. The standard InChI is InChI=1S/C20H13NO3/c22-19-14-7-4-8-15(20(23)24)18(14)21-17-10-9-13(11-16(17)19)12-5-2-1-3-6-12/h1-11H,(H,21,22)(H,23,24). The first kappa shape index (κ1) is 14.2. The van der Waals surface area contributed by atoms with E-state index in [1.54, 1.807) is 12.1 Å². The van der Waals surface area contributed by atoms with Crippen molar-refractivity contribution in [3.05, 3.63) is 82.5 Å². The second-order valence-electron chi connectivity index (χ2n) is 5.61. The Morgan fingerprint density at radius 2 is 1.62 bits per heavy atom. The van der Waals surface area contributed by atoms with E-state index in [-0.39, 0.29) is 11.0 Å². The van der Waals surface area contributed by atoms with Crippen molar-refractivity contribution < 1.29 is 9.90 Å². The van der Waals surface area contributed by atoms with Crippen molar-refractivity contribution in [2.24, 2.45) is 0 Å². The molecule has 0 bridgehead atoms. The average Bonchev–Trinajstić information content (AvgIpc) is 2.62. The third kappa shape index (κ3) is 2.16. The molecular weight excluding hydrogens is 302 g/mol. The summed E-state index contributed by atoms with van der Waals surface area (Å²) in [5, 5.41) is 10.2. The van der Waals surface area contributed by atoms with E-state index in [9.17, 15) is 14.7 Å². The van der Waals surface area contributed by atoms with Gasteiger partial charge in [-0.2, -0.15) is 0 Å². The lowest BCUT2D eigenvalue weighted by molar-refractivity contribution is 0.0699. The molecule has 0 amide bonds. The zero-order chi connectivity index (χ0) is 16.7. The SMILES string of the molecule is O=C(O)c1cccc2c(=O)c3cc(-c4ccccc4)ccc3[nH]c12. The summed E-state index contributed by atoms with van der Waals surface area (Å²) in [6.45, 7) is 0. The molecule has 4 nitrogen and oxygen atoms in total. The van der Waals surface area contributed by atoms with Crippen LogP contribution in [0.4, 0.5) is 0 Å². The summed E-state index contributed by atoms with van der Waals surface area (Å²) in [6, 6.07) is 20.1. The molecule has 0 radical (unpaired) electrons. The van der Waals surface area contributed by atoms with E-state index >= 15 is 0 Å². The summed E-state index contributed by atoms with van der Waals surface area (Å²) >= 11 is 0. The van der Waals surface area contributed by atoms with Crippen molar-refractivity contribution in [1.29, 1.82) is 0 Å². The minimum absolute atomic E-state index is 0.0960. The van der Waals surface area contributed by atoms with Crippen LogP contribution in [0.3, 0.4) is 0 Å². The number of aromatic nitrogens is 1. The second kappa shape index (κ2) is 5.35. The van der Waals surface area contributed by atoms with Crippen molar-refractivity contribution in [3.8, 4) is 11.1 Å². The number of hydrogen-bond acceptors (Lipinski definition) is 2. The topological polar surface area (TPSA) is 70.2 Å². The molecule has 0 atom stereocenters. The van der Waals surface area contributed by atoms with Gasteiger partial charge in [0.2, 0.25) is 0 Å². The number of hydrogen-bond donors (Lipinski definition) is 2. The third-order valence-electron chi connectivity index (χ3n) is 4.17. The molecule has 116 valence electrons. The van der Waals surface area contributed by atoms with Crippen molar-refractivity contribution in [3.63, 3.8) is 0 Å². The Morgan fingerprint density at radius 3 is 2.38 bits per heavy atom. The van der Waals surface area contributed by atoms with Crippen LogP contribution in [0, 0.1) is 0 Å². The highest BCUT2D eigenvalue weighted by Crippen LogP contribution is 2.24. The highest BCUT2D eigenvalue weighted by atomic mass is 16.4. The van der Waals surface area contributed by atoms with Gasteiger partial charge in [0, 0.05) is 16.3 Å². The molecule has 0 aliphatic rings. The van der Waals surface area contributed by atoms with Crippen LogP contribution < -0.4 is 5.43 Å². The molecule has 4 heteroatoms. The monoisotopic (exact) mass is 315 g/mol. The maximum Gasteiger partial charge on any atom is 0.337 e. The fraction of sp³-hybridized carbons (Fsp3) is 0. The molecule has 24 heavy (non-hydrogen) atoms. The number of aromatic carboxylic acids is 1. The van der Waals surface area contributed by atoms with E-state index in [1.807, 2.05) is 48.5 Å². The van der Waals surface area contributed by atoms with Crippen LogP contribution in [0.15, 0.2) is 71.5 Å². The van der Waals surface area contributed by atoms with Crippen molar-refractivity contribution in [1.82, 2.24) is 4.98 Å². The Hall–Kier alpha value is -3.40. The smallest absolute Gasteiger partial charge is 0.337 e. The number of para-hydroxylation sites is 1. The predicted octanol–water partition coefficient (Wildman–Crippen LogP) is 4.05. The van der Waals surface area contributed by atoms with Gasteiger partial charge in [0.05, 0.1) is 11.1 Å². The summed E-state index contributed by atoms with van der Waals surface area (Å²) in [7, 11) is 0. The number of pyridine rings is 1. The minimum Gasteiger partial charge on any atom is -0.478 e. The van der Waals surface area contributed by atoms with Crippen molar-refractivity contribution >= 4 is 27.8 Å². The molecule has 0 unspecified atom stereocenters. The molecule has 4 rings (SSSR count). The lowest BCUT2D eigenvalue weighted by Crippen LogP contribution is -2.08. The highest BCUT2D eigenvalue weighted by Gasteiger charge is 2.13.